The predicted octanol–water partition coefficient (Wildman–Crippen LogP) is 1.55. The molecule has 3 heteroatoms. The first kappa shape index (κ1) is 4.98. The summed E-state index contributed by atoms with van der Waals surface area (Å²) < 4.78 is 4.28. The van der Waals surface area contributed by atoms with Crippen molar-refractivity contribution < 1.29 is 3.07 Å². The molecular formula is CH2ClIO. The van der Waals surface area contributed by atoms with Gasteiger partial charge >= 0.3 is 0 Å². The van der Waals surface area contributed by atoms with Crippen molar-refractivity contribution in [2.45, 2.75) is 0 Å². The van der Waals surface area contributed by atoms with Gasteiger partial charge in [-0.05, 0) is 0 Å². The summed E-state index contributed by atoms with van der Waals surface area (Å²) in [6.07, 6.45) is 0. The summed E-state index contributed by atoms with van der Waals surface area (Å²) in [5.74, 6) is 0. The SMILES string of the molecule is ClCOI. The molecule has 0 heterocycles. The van der Waals surface area contributed by atoms with Crippen LogP contribution in [0.2, 0.25) is 0 Å². The smallest absolute Gasteiger partial charge is 0.133 e. The van der Waals surface area contributed by atoms with Gasteiger partial charge in [0.1, 0.15) is 29.1 Å². The van der Waals surface area contributed by atoms with Crippen LogP contribution >= 0.6 is 34.6 Å². The van der Waals surface area contributed by atoms with Crippen molar-refractivity contribution in [3.05, 3.63) is 0 Å². The minimum absolute atomic E-state index is 0.278. The fourth-order valence-corrected chi connectivity index (χ4v) is 0. The first-order chi connectivity index (χ1) is 1.91. The minimum Gasteiger partial charge on any atom is -0.300 e. The average molecular weight is 192 g/mol. The normalized spacial score (nSPS) is 7.50. The maximum Gasteiger partial charge on any atom is 0.133 e. The number of hydrogen-bond acceptors (Lipinski definition) is 1. The second-order valence-electron chi connectivity index (χ2n) is 0.218. The average Bonchev–Trinajstić information content (AvgIpc) is 1.37. The Bertz CT molecular complexity index is 10.0. The lowest BCUT2D eigenvalue weighted by atomic mass is 11.7. The molecular weight excluding hydrogens is 190 g/mol. The molecule has 0 atom stereocenters. The van der Waals surface area contributed by atoms with E-state index in [0.717, 1.165) is 0 Å². The number of halogens is 2. The van der Waals surface area contributed by atoms with Crippen molar-refractivity contribution >= 4 is 34.6 Å². The van der Waals surface area contributed by atoms with E-state index in [9.17, 15) is 0 Å². The third kappa shape index (κ3) is 2.98. The van der Waals surface area contributed by atoms with Crippen molar-refractivity contribution in [1.29, 1.82) is 0 Å². The van der Waals surface area contributed by atoms with Crippen molar-refractivity contribution in [2.24, 2.45) is 0 Å². The minimum atomic E-state index is 0.278. The van der Waals surface area contributed by atoms with Crippen LogP contribution in [-0.4, -0.2) is 6.07 Å². The largest absolute Gasteiger partial charge is 0.300 e. The van der Waals surface area contributed by atoms with E-state index in [1.54, 1.807) is 23.0 Å². The van der Waals surface area contributed by atoms with E-state index in [1.807, 2.05) is 0 Å². The zero-order valence-electron chi connectivity index (χ0n) is 1.87. The lowest BCUT2D eigenvalue weighted by Gasteiger charge is -1.69. The Morgan fingerprint density at radius 3 is 2.25 bits per heavy atom. The highest BCUT2D eigenvalue weighted by Gasteiger charge is 1.57. The van der Waals surface area contributed by atoms with Gasteiger partial charge in [-0.3, -0.25) is 3.07 Å². The molecule has 0 spiro atoms. The van der Waals surface area contributed by atoms with Gasteiger partial charge in [-0.1, -0.05) is 11.6 Å². The van der Waals surface area contributed by atoms with Gasteiger partial charge in [0.25, 0.3) is 0 Å². The van der Waals surface area contributed by atoms with Crippen molar-refractivity contribution in [3.63, 3.8) is 0 Å². The molecule has 0 aliphatic rings. The van der Waals surface area contributed by atoms with Crippen LogP contribution in [0.3, 0.4) is 0 Å². The first-order valence-electron chi connectivity index (χ1n) is 0.710. The van der Waals surface area contributed by atoms with Crippen LogP contribution in [0.1, 0.15) is 0 Å². The third-order valence-corrected chi connectivity index (χ3v) is 0.830. The van der Waals surface area contributed by atoms with Gasteiger partial charge < -0.3 is 0 Å². The molecule has 0 saturated carbocycles. The van der Waals surface area contributed by atoms with Gasteiger partial charge in [0.05, 0.1) is 0 Å². The molecule has 4 heavy (non-hydrogen) atoms. The van der Waals surface area contributed by atoms with E-state index in [-0.39, 0.29) is 6.07 Å². The molecule has 26 valence electrons. The second-order valence-corrected chi connectivity index (χ2v) is 1.06. The molecule has 0 aliphatic carbocycles. The van der Waals surface area contributed by atoms with Crippen LogP contribution in [0.4, 0.5) is 0 Å². The summed E-state index contributed by atoms with van der Waals surface area (Å²) in [5.41, 5.74) is 0. The standard InChI is InChI=1S/CH2ClIO/c2-1-4-3/h1H2. The summed E-state index contributed by atoms with van der Waals surface area (Å²) in [5, 5.41) is 0. The lowest BCUT2D eigenvalue weighted by Crippen LogP contribution is -1.56. The fourth-order valence-electron chi connectivity index (χ4n) is 0. The Hall–Kier alpha value is 0.980. The Morgan fingerprint density at radius 1 is 2.00 bits per heavy atom. The van der Waals surface area contributed by atoms with Crippen LogP contribution in [0.15, 0.2) is 0 Å². The zero-order chi connectivity index (χ0) is 3.41. The molecule has 0 aromatic carbocycles. The number of rotatable bonds is 1. The summed E-state index contributed by atoms with van der Waals surface area (Å²) in [6, 6.07) is 0.278. The molecule has 0 amide bonds. The number of alkyl halides is 1. The molecule has 0 fully saturated rings. The van der Waals surface area contributed by atoms with Crippen molar-refractivity contribution in [2.75, 3.05) is 6.07 Å². The van der Waals surface area contributed by atoms with E-state index in [1.165, 1.54) is 0 Å². The maximum atomic E-state index is 4.96. The van der Waals surface area contributed by atoms with E-state index in [2.05, 4.69) is 3.07 Å². The fraction of sp³-hybridized carbons (Fsp3) is 1.00. The monoisotopic (exact) mass is 192 g/mol. The molecule has 0 saturated heterocycles. The first-order valence-corrected chi connectivity index (χ1v) is 2.13. The molecule has 0 rings (SSSR count). The van der Waals surface area contributed by atoms with Gasteiger partial charge in [-0.25, -0.2) is 0 Å². The predicted molar refractivity (Wildman–Crippen MR) is 25.8 cm³/mol. The molecule has 0 aromatic heterocycles. The number of hydrogen-bond donors (Lipinski definition) is 0. The molecule has 0 unspecified atom stereocenters. The highest BCUT2D eigenvalue weighted by atomic mass is 127. The molecule has 0 aliphatic heterocycles. The van der Waals surface area contributed by atoms with Crippen molar-refractivity contribution in [1.82, 2.24) is 0 Å². The third-order valence-electron chi connectivity index (χ3n) is 0.0412. The van der Waals surface area contributed by atoms with Gasteiger partial charge in [0.15, 0.2) is 0 Å². The summed E-state index contributed by atoms with van der Waals surface area (Å²) in [7, 11) is 0. The Balaban J connectivity index is 1.97. The van der Waals surface area contributed by atoms with E-state index < -0.39 is 0 Å². The highest BCUT2D eigenvalue weighted by Crippen LogP contribution is 1.84. The van der Waals surface area contributed by atoms with Crippen LogP contribution in [0, 0.1) is 0 Å². The Morgan fingerprint density at radius 2 is 2.25 bits per heavy atom. The topological polar surface area (TPSA) is 9.23 Å². The Kier molecular flexibility index (Phi) is 4.96. The summed E-state index contributed by atoms with van der Waals surface area (Å²) >= 11 is 6.68. The van der Waals surface area contributed by atoms with Gasteiger partial charge in [0.2, 0.25) is 0 Å². The molecule has 0 bridgehead atoms. The molecule has 0 aromatic rings. The zero-order valence-corrected chi connectivity index (χ0v) is 4.78. The maximum absolute atomic E-state index is 4.96. The summed E-state index contributed by atoms with van der Waals surface area (Å²) in [6.45, 7) is 0. The van der Waals surface area contributed by atoms with E-state index in [0.29, 0.717) is 0 Å². The Labute approximate surface area is 44.0 Å². The quantitative estimate of drug-likeness (QED) is 0.452. The molecule has 0 N–H and O–H groups in total. The molecule has 1 nitrogen and oxygen atoms in total. The lowest BCUT2D eigenvalue weighted by molar-refractivity contribution is 0.522. The van der Waals surface area contributed by atoms with Crippen LogP contribution in [-0.2, 0) is 3.07 Å². The second kappa shape index (κ2) is 3.98. The van der Waals surface area contributed by atoms with Crippen LogP contribution in [0.5, 0.6) is 0 Å². The van der Waals surface area contributed by atoms with E-state index in [4.69, 9.17) is 11.6 Å². The summed E-state index contributed by atoms with van der Waals surface area (Å²) in [4.78, 5) is 0. The van der Waals surface area contributed by atoms with Gasteiger partial charge in [-0.15, -0.1) is 0 Å². The van der Waals surface area contributed by atoms with Crippen LogP contribution in [0.25, 0.3) is 0 Å². The van der Waals surface area contributed by atoms with Crippen molar-refractivity contribution in [3.8, 4) is 0 Å². The highest BCUT2D eigenvalue weighted by molar-refractivity contribution is 14.1. The van der Waals surface area contributed by atoms with E-state index >= 15 is 0 Å². The van der Waals surface area contributed by atoms with Crippen LogP contribution < -0.4 is 0 Å². The van der Waals surface area contributed by atoms with Gasteiger partial charge in [-0.2, -0.15) is 0 Å². The van der Waals surface area contributed by atoms with Gasteiger partial charge in [0, 0.05) is 0 Å². The molecule has 0 radical (unpaired) electrons.